The van der Waals surface area contributed by atoms with Gasteiger partial charge in [0.05, 0.1) is 6.54 Å². The number of nitrogens with zero attached hydrogens (tertiary/aromatic N) is 5. The molecule has 0 aromatic carbocycles. The molecule has 1 aliphatic heterocycles. The molecular weight excluding hydrogens is 313 g/mol. The van der Waals surface area contributed by atoms with Gasteiger partial charge in [0.1, 0.15) is 11.9 Å². The lowest BCUT2D eigenvalue weighted by Crippen LogP contribution is -2.31. The summed E-state index contributed by atoms with van der Waals surface area (Å²) < 4.78 is 23.8. The number of rotatable bonds is 5. The normalized spacial score (nSPS) is 17.7. The Morgan fingerprint density at radius 1 is 1.25 bits per heavy atom. The van der Waals surface area contributed by atoms with E-state index in [0.29, 0.717) is 24.1 Å². The molecule has 3 rings (SSSR count). The van der Waals surface area contributed by atoms with Crippen LogP contribution in [0.2, 0.25) is 0 Å². The van der Waals surface area contributed by atoms with Crippen LogP contribution >= 0.6 is 0 Å². The number of hydrogen-bond acceptors (Lipinski definition) is 7. The summed E-state index contributed by atoms with van der Waals surface area (Å²) in [4.78, 5) is 12.7. The van der Waals surface area contributed by atoms with Crippen molar-refractivity contribution in [3.8, 4) is 0 Å². The van der Waals surface area contributed by atoms with Crippen LogP contribution in [0.15, 0.2) is 22.7 Å². The Bertz CT molecular complexity index is 665. The molecule has 1 atom stereocenters. The third-order valence-electron chi connectivity index (χ3n) is 4.17. The minimum atomic E-state index is -0.445. The maximum Gasteiger partial charge on any atom is 0.240 e. The first-order chi connectivity index (χ1) is 11.7. The van der Waals surface area contributed by atoms with E-state index in [1.807, 2.05) is 13.0 Å². The highest BCUT2D eigenvalue weighted by atomic mass is 19.1. The van der Waals surface area contributed by atoms with E-state index in [-0.39, 0.29) is 6.10 Å². The molecule has 0 saturated carbocycles. The number of hydrogen-bond donors (Lipinski definition) is 0. The van der Waals surface area contributed by atoms with Gasteiger partial charge in [0.15, 0.2) is 5.82 Å². The number of methoxy groups -OCH3 is 1. The molecule has 7 nitrogen and oxygen atoms in total. The quantitative estimate of drug-likeness (QED) is 0.774. The molecule has 1 saturated heterocycles. The van der Waals surface area contributed by atoms with Gasteiger partial charge in [-0.15, -0.1) is 0 Å². The molecule has 8 heteroatoms. The van der Waals surface area contributed by atoms with Crippen molar-refractivity contribution in [2.45, 2.75) is 26.0 Å². The first-order valence-electron chi connectivity index (χ1n) is 8.11. The van der Waals surface area contributed by atoms with Crippen molar-refractivity contribution < 1.29 is 13.7 Å². The van der Waals surface area contributed by atoms with Gasteiger partial charge in [-0.1, -0.05) is 11.2 Å². The second-order valence-electron chi connectivity index (χ2n) is 5.86. The van der Waals surface area contributed by atoms with Gasteiger partial charge in [-0.3, -0.25) is 4.90 Å². The van der Waals surface area contributed by atoms with Crippen molar-refractivity contribution >= 4 is 5.82 Å². The van der Waals surface area contributed by atoms with Crippen LogP contribution in [0, 0.1) is 5.95 Å². The Hall–Kier alpha value is -2.06. The lowest BCUT2D eigenvalue weighted by atomic mass is 10.3. The average molecular weight is 335 g/mol. The number of aromatic nitrogens is 3. The zero-order valence-electron chi connectivity index (χ0n) is 14.0. The third-order valence-corrected chi connectivity index (χ3v) is 4.17. The van der Waals surface area contributed by atoms with Gasteiger partial charge >= 0.3 is 0 Å². The van der Waals surface area contributed by atoms with E-state index in [1.54, 1.807) is 13.2 Å². The Morgan fingerprint density at radius 3 is 2.92 bits per heavy atom. The molecule has 1 fully saturated rings. The van der Waals surface area contributed by atoms with E-state index in [4.69, 9.17) is 9.26 Å². The van der Waals surface area contributed by atoms with E-state index in [1.165, 1.54) is 6.07 Å². The first kappa shape index (κ1) is 16.8. The summed E-state index contributed by atoms with van der Waals surface area (Å²) in [6, 6.07) is 4.90. The molecule has 130 valence electrons. The van der Waals surface area contributed by atoms with Gasteiger partial charge < -0.3 is 14.2 Å². The van der Waals surface area contributed by atoms with Crippen molar-refractivity contribution in [3.63, 3.8) is 0 Å². The molecule has 2 aromatic rings. The molecule has 0 aliphatic carbocycles. The summed E-state index contributed by atoms with van der Waals surface area (Å²) in [5, 5.41) is 3.95. The van der Waals surface area contributed by atoms with Gasteiger partial charge in [0.25, 0.3) is 0 Å². The predicted molar refractivity (Wildman–Crippen MR) is 86.0 cm³/mol. The summed E-state index contributed by atoms with van der Waals surface area (Å²) in [7, 11) is 1.62. The molecule has 0 radical (unpaired) electrons. The molecule has 0 N–H and O–H groups in total. The summed E-state index contributed by atoms with van der Waals surface area (Å²) >= 11 is 0. The lowest BCUT2D eigenvalue weighted by Gasteiger charge is -2.22. The molecule has 0 amide bonds. The van der Waals surface area contributed by atoms with Crippen LogP contribution in [0.1, 0.15) is 31.2 Å². The molecule has 0 bridgehead atoms. The Labute approximate surface area is 140 Å². The van der Waals surface area contributed by atoms with Crippen LogP contribution < -0.4 is 4.90 Å². The van der Waals surface area contributed by atoms with Gasteiger partial charge in [0.2, 0.25) is 11.8 Å². The van der Waals surface area contributed by atoms with E-state index in [9.17, 15) is 4.39 Å². The van der Waals surface area contributed by atoms with Gasteiger partial charge in [-0.2, -0.15) is 9.37 Å². The molecule has 1 aliphatic rings. The molecular formula is C16H22FN5O2. The first-order valence-corrected chi connectivity index (χ1v) is 8.11. The van der Waals surface area contributed by atoms with Crippen molar-refractivity contribution in [1.29, 1.82) is 0 Å². The fourth-order valence-corrected chi connectivity index (χ4v) is 2.73. The summed E-state index contributed by atoms with van der Waals surface area (Å²) in [6.07, 6.45) is 0.786. The lowest BCUT2D eigenvalue weighted by molar-refractivity contribution is 0.109. The molecule has 3 heterocycles. The number of pyridine rings is 1. The van der Waals surface area contributed by atoms with Crippen LogP contribution in [0.25, 0.3) is 0 Å². The maximum absolute atomic E-state index is 13.3. The summed E-state index contributed by atoms with van der Waals surface area (Å²) in [6.45, 7) is 5.87. The smallest absolute Gasteiger partial charge is 0.240 e. The van der Waals surface area contributed by atoms with E-state index in [2.05, 4.69) is 24.9 Å². The maximum atomic E-state index is 13.3. The minimum absolute atomic E-state index is 0.179. The van der Waals surface area contributed by atoms with Gasteiger partial charge in [0, 0.05) is 33.3 Å². The van der Waals surface area contributed by atoms with Crippen molar-refractivity contribution in [2.24, 2.45) is 0 Å². The highest BCUT2D eigenvalue weighted by Crippen LogP contribution is 2.16. The average Bonchev–Trinajstić information content (AvgIpc) is 2.92. The zero-order valence-corrected chi connectivity index (χ0v) is 14.0. The SMILES string of the molecule is COC(C)c1noc(CN2CCCN(c3cccc(F)n3)CC2)n1. The Kier molecular flexibility index (Phi) is 5.37. The second-order valence-corrected chi connectivity index (χ2v) is 5.86. The van der Waals surface area contributed by atoms with Crippen LogP contribution in [0.3, 0.4) is 0 Å². The van der Waals surface area contributed by atoms with E-state index >= 15 is 0 Å². The van der Waals surface area contributed by atoms with Crippen LogP contribution in [0.5, 0.6) is 0 Å². The van der Waals surface area contributed by atoms with Gasteiger partial charge in [-0.05, 0) is 25.5 Å². The molecule has 0 spiro atoms. The van der Waals surface area contributed by atoms with Crippen LogP contribution in [-0.4, -0.2) is 53.3 Å². The number of anilines is 1. The molecule has 1 unspecified atom stereocenters. The highest BCUT2D eigenvalue weighted by Gasteiger charge is 2.19. The van der Waals surface area contributed by atoms with Crippen molar-refractivity contribution in [2.75, 3.05) is 38.2 Å². The Balaban J connectivity index is 1.58. The highest BCUT2D eigenvalue weighted by molar-refractivity contribution is 5.38. The number of ether oxygens (including phenoxy) is 1. The third kappa shape index (κ3) is 4.07. The van der Waals surface area contributed by atoms with Gasteiger partial charge in [-0.25, -0.2) is 4.98 Å². The van der Waals surface area contributed by atoms with Crippen molar-refractivity contribution in [1.82, 2.24) is 20.0 Å². The topological polar surface area (TPSA) is 67.5 Å². The fraction of sp³-hybridized carbons (Fsp3) is 0.562. The van der Waals surface area contributed by atoms with E-state index in [0.717, 1.165) is 32.6 Å². The van der Waals surface area contributed by atoms with Crippen LogP contribution in [-0.2, 0) is 11.3 Å². The van der Waals surface area contributed by atoms with Crippen molar-refractivity contribution in [3.05, 3.63) is 35.9 Å². The largest absolute Gasteiger partial charge is 0.374 e. The fourth-order valence-electron chi connectivity index (χ4n) is 2.73. The van der Waals surface area contributed by atoms with E-state index < -0.39 is 5.95 Å². The Morgan fingerprint density at radius 2 is 2.12 bits per heavy atom. The number of halogens is 1. The minimum Gasteiger partial charge on any atom is -0.374 e. The monoisotopic (exact) mass is 335 g/mol. The summed E-state index contributed by atoms with van der Waals surface area (Å²) in [5.74, 6) is 1.39. The predicted octanol–water partition coefficient (Wildman–Crippen LogP) is 2.02. The molecule has 24 heavy (non-hydrogen) atoms. The van der Waals surface area contributed by atoms with Crippen LogP contribution in [0.4, 0.5) is 10.2 Å². The zero-order chi connectivity index (χ0) is 16.9. The standard InChI is InChI=1S/C16H22FN5O2/c1-12(23-2)16-19-15(24-20-16)11-21-7-4-8-22(10-9-21)14-6-3-5-13(17)18-14/h3,5-6,12H,4,7-11H2,1-2H3. The molecule has 2 aromatic heterocycles. The summed E-state index contributed by atoms with van der Waals surface area (Å²) in [5.41, 5.74) is 0. The second kappa shape index (κ2) is 7.67.